The van der Waals surface area contributed by atoms with E-state index in [1.54, 1.807) is 18.2 Å². The minimum Gasteiger partial charge on any atom is -0.295 e. The Hall–Kier alpha value is -1.40. The molecule has 0 saturated carbocycles. The Kier molecular flexibility index (Phi) is 2.69. The summed E-state index contributed by atoms with van der Waals surface area (Å²) in [5, 5.41) is 0. The van der Waals surface area contributed by atoms with Gasteiger partial charge in [0.1, 0.15) is 0 Å². The van der Waals surface area contributed by atoms with Crippen molar-refractivity contribution in [3.63, 3.8) is 0 Å². The fourth-order valence-electron chi connectivity index (χ4n) is 1.30. The monoisotopic (exact) mass is 240 g/mol. The molecule has 1 N–H and O–H groups in total. The lowest BCUT2D eigenvalue weighted by molar-refractivity contribution is 0.101. The molecule has 86 valence electrons. The normalized spacial score (nSPS) is 15.8. The second-order valence-electron chi connectivity index (χ2n) is 3.64. The third-order valence-corrected chi connectivity index (χ3v) is 3.80. The van der Waals surface area contributed by atoms with Crippen molar-refractivity contribution in [1.29, 1.82) is 0 Å². The summed E-state index contributed by atoms with van der Waals surface area (Å²) < 4.78 is 26.9. The fourth-order valence-corrected chi connectivity index (χ4v) is 2.41. The Morgan fingerprint density at radius 1 is 1.38 bits per heavy atom. The summed E-state index contributed by atoms with van der Waals surface area (Å²) in [7, 11) is -3.41. The van der Waals surface area contributed by atoms with Gasteiger partial charge in [0.2, 0.25) is 0 Å². The van der Waals surface area contributed by atoms with Crippen molar-refractivity contribution in [1.82, 2.24) is 4.31 Å². The maximum atomic E-state index is 11.6. The van der Waals surface area contributed by atoms with Gasteiger partial charge in [-0.2, -0.15) is 12.7 Å². The average molecular weight is 240 g/mol. The van der Waals surface area contributed by atoms with Crippen LogP contribution < -0.4 is 4.72 Å². The second kappa shape index (κ2) is 3.88. The summed E-state index contributed by atoms with van der Waals surface area (Å²) in [5.41, 5.74) is 0.908. The number of rotatable bonds is 4. The lowest BCUT2D eigenvalue weighted by Gasteiger charge is -2.08. The molecule has 1 fully saturated rings. The Morgan fingerprint density at radius 2 is 2.06 bits per heavy atom. The van der Waals surface area contributed by atoms with Gasteiger partial charge in [-0.15, -0.1) is 0 Å². The molecule has 1 aliphatic heterocycles. The largest absolute Gasteiger partial charge is 0.301 e. The molecule has 0 aromatic heterocycles. The summed E-state index contributed by atoms with van der Waals surface area (Å²) in [6.07, 6.45) is 0. The third kappa shape index (κ3) is 2.40. The molecular formula is C10H12N2O3S. The number of carbonyl (C=O) groups is 1. The Morgan fingerprint density at radius 3 is 2.62 bits per heavy atom. The van der Waals surface area contributed by atoms with E-state index in [4.69, 9.17) is 0 Å². The zero-order valence-electron chi connectivity index (χ0n) is 8.80. The van der Waals surface area contributed by atoms with Crippen LogP contribution in [-0.4, -0.2) is 31.6 Å². The van der Waals surface area contributed by atoms with Crippen LogP contribution in [0.5, 0.6) is 0 Å². The molecule has 1 saturated heterocycles. The number of hydrogen-bond donors (Lipinski definition) is 1. The van der Waals surface area contributed by atoms with E-state index in [9.17, 15) is 13.2 Å². The summed E-state index contributed by atoms with van der Waals surface area (Å²) in [6.45, 7) is 2.56. The van der Waals surface area contributed by atoms with Gasteiger partial charge in [-0.3, -0.25) is 9.52 Å². The number of ketones is 1. The molecule has 0 bridgehead atoms. The first-order valence-corrected chi connectivity index (χ1v) is 6.32. The summed E-state index contributed by atoms with van der Waals surface area (Å²) >= 11 is 0. The molecular weight excluding hydrogens is 228 g/mol. The highest BCUT2D eigenvalue weighted by molar-refractivity contribution is 7.90. The highest BCUT2D eigenvalue weighted by atomic mass is 32.2. The van der Waals surface area contributed by atoms with Crippen LogP contribution in [0.15, 0.2) is 24.3 Å². The Bertz CT molecular complexity index is 521. The Labute approximate surface area is 94.3 Å². The summed E-state index contributed by atoms with van der Waals surface area (Å²) in [5.74, 6) is -0.0900. The molecule has 0 radical (unpaired) electrons. The highest BCUT2D eigenvalue weighted by Gasteiger charge is 2.31. The lowest BCUT2D eigenvalue weighted by atomic mass is 10.1. The minimum atomic E-state index is -3.41. The van der Waals surface area contributed by atoms with Crippen LogP contribution in [0.4, 0.5) is 5.69 Å². The number of nitrogens with zero attached hydrogens (tertiary/aromatic N) is 1. The van der Waals surface area contributed by atoms with Crippen molar-refractivity contribution in [3.8, 4) is 0 Å². The molecule has 0 amide bonds. The van der Waals surface area contributed by atoms with Gasteiger partial charge in [0.25, 0.3) is 0 Å². The first-order valence-electron chi connectivity index (χ1n) is 4.88. The van der Waals surface area contributed by atoms with Crippen molar-refractivity contribution >= 4 is 21.7 Å². The average Bonchev–Trinajstić information content (AvgIpc) is 3.00. The number of nitrogens with one attached hydrogen (secondary N) is 1. The first-order chi connectivity index (χ1) is 7.49. The van der Waals surface area contributed by atoms with Crippen LogP contribution in [-0.2, 0) is 10.2 Å². The van der Waals surface area contributed by atoms with Crippen LogP contribution in [0.1, 0.15) is 17.3 Å². The molecule has 0 spiro atoms. The fraction of sp³-hybridized carbons (Fsp3) is 0.300. The van der Waals surface area contributed by atoms with E-state index in [0.717, 1.165) is 0 Å². The molecule has 0 atom stereocenters. The Balaban J connectivity index is 2.21. The van der Waals surface area contributed by atoms with Crippen molar-refractivity contribution < 1.29 is 13.2 Å². The number of Topliss-reactive ketones (excluding diaryl/α,β-unsaturated/α-hetero) is 1. The zero-order chi connectivity index (χ0) is 11.8. The third-order valence-electron chi connectivity index (χ3n) is 2.26. The van der Waals surface area contributed by atoms with Crippen molar-refractivity contribution in [3.05, 3.63) is 29.8 Å². The standard InChI is InChI=1S/C10H12N2O3S/c1-8(13)9-3-2-4-10(7-9)11-16(14,15)12-5-6-12/h2-4,7,11H,5-6H2,1H3. The van der Waals surface area contributed by atoms with Crippen LogP contribution >= 0.6 is 0 Å². The maximum absolute atomic E-state index is 11.6. The van der Waals surface area contributed by atoms with Gasteiger partial charge in [0, 0.05) is 18.7 Å². The molecule has 16 heavy (non-hydrogen) atoms. The molecule has 1 aromatic rings. The maximum Gasteiger partial charge on any atom is 0.301 e. The van der Waals surface area contributed by atoms with E-state index in [1.165, 1.54) is 17.3 Å². The van der Waals surface area contributed by atoms with Crippen molar-refractivity contribution in [2.24, 2.45) is 0 Å². The van der Waals surface area contributed by atoms with Crippen molar-refractivity contribution in [2.75, 3.05) is 17.8 Å². The number of carbonyl (C=O) groups excluding carboxylic acids is 1. The quantitative estimate of drug-likeness (QED) is 0.627. The predicted molar refractivity (Wildman–Crippen MR) is 60.6 cm³/mol. The minimum absolute atomic E-state index is 0.0900. The van der Waals surface area contributed by atoms with Crippen LogP contribution in [0, 0.1) is 0 Å². The second-order valence-corrected chi connectivity index (χ2v) is 5.31. The van der Waals surface area contributed by atoms with Gasteiger partial charge in [-0.1, -0.05) is 12.1 Å². The van der Waals surface area contributed by atoms with Gasteiger partial charge in [-0.25, -0.2) is 0 Å². The van der Waals surface area contributed by atoms with E-state index in [0.29, 0.717) is 24.3 Å². The van der Waals surface area contributed by atoms with E-state index >= 15 is 0 Å². The van der Waals surface area contributed by atoms with Crippen LogP contribution in [0.25, 0.3) is 0 Å². The van der Waals surface area contributed by atoms with Crippen LogP contribution in [0.3, 0.4) is 0 Å². The van der Waals surface area contributed by atoms with E-state index in [-0.39, 0.29) is 5.78 Å². The molecule has 0 unspecified atom stereocenters. The molecule has 1 aromatic carbocycles. The van der Waals surface area contributed by atoms with Gasteiger partial charge in [0.05, 0.1) is 5.69 Å². The van der Waals surface area contributed by atoms with Crippen molar-refractivity contribution in [2.45, 2.75) is 6.92 Å². The molecule has 1 aliphatic rings. The topological polar surface area (TPSA) is 66.2 Å². The zero-order valence-corrected chi connectivity index (χ0v) is 9.62. The molecule has 0 aliphatic carbocycles. The van der Waals surface area contributed by atoms with Gasteiger partial charge in [0.15, 0.2) is 5.78 Å². The predicted octanol–water partition coefficient (Wildman–Crippen LogP) is 0.861. The molecule has 2 rings (SSSR count). The van der Waals surface area contributed by atoms with Gasteiger partial charge in [-0.05, 0) is 19.1 Å². The lowest BCUT2D eigenvalue weighted by Crippen LogP contribution is -2.21. The van der Waals surface area contributed by atoms with Gasteiger partial charge >= 0.3 is 10.2 Å². The highest BCUT2D eigenvalue weighted by Crippen LogP contribution is 2.17. The summed E-state index contributed by atoms with van der Waals surface area (Å²) in [4.78, 5) is 11.1. The molecule has 1 heterocycles. The smallest absolute Gasteiger partial charge is 0.295 e. The van der Waals surface area contributed by atoms with E-state index in [2.05, 4.69) is 4.72 Å². The number of hydrogen-bond acceptors (Lipinski definition) is 3. The number of benzene rings is 1. The summed E-state index contributed by atoms with van der Waals surface area (Å²) in [6, 6.07) is 6.45. The van der Waals surface area contributed by atoms with E-state index in [1.807, 2.05) is 0 Å². The van der Waals surface area contributed by atoms with E-state index < -0.39 is 10.2 Å². The molecule has 5 nitrogen and oxygen atoms in total. The molecule has 6 heteroatoms. The van der Waals surface area contributed by atoms with Gasteiger partial charge < -0.3 is 0 Å². The SMILES string of the molecule is CC(=O)c1cccc(NS(=O)(=O)N2CC2)c1. The number of anilines is 1. The first kappa shape index (κ1) is 11.1. The van der Waals surface area contributed by atoms with Crippen LogP contribution in [0.2, 0.25) is 0 Å².